The van der Waals surface area contributed by atoms with Crippen molar-refractivity contribution in [1.82, 2.24) is 0 Å². The third-order valence-corrected chi connectivity index (χ3v) is 19.4. The van der Waals surface area contributed by atoms with Gasteiger partial charge in [-0.25, -0.2) is 9.13 Å². The van der Waals surface area contributed by atoms with E-state index in [1.54, 1.807) is 0 Å². The van der Waals surface area contributed by atoms with Gasteiger partial charge in [0, 0.05) is 25.7 Å². The lowest BCUT2D eigenvalue weighted by Crippen LogP contribution is -2.30. The molecule has 19 heteroatoms. The van der Waals surface area contributed by atoms with E-state index in [2.05, 4.69) is 125 Å². The first kappa shape index (κ1) is 100.0. The molecule has 5 atom stereocenters. The highest BCUT2D eigenvalue weighted by molar-refractivity contribution is 7.47. The van der Waals surface area contributed by atoms with Gasteiger partial charge in [0.15, 0.2) is 12.2 Å². The summed E-state index contributed by atoms with van der Waals surface area (Å²) in [5.74, 6) is -2.20. The highest BCUT2D eigenvalue weighted by Crippen LogP contribution is 2.45. The molecule has 0 aromatic rings. The molecule has 0 radical (unpaired) electrons. The highest BCUT2D eigenvalue weighted by atomic mass is 31.2. The second-order valence-electron chi connectivity index (χ2n) is 27.7. The van der Waals surface area contributed by atoms with Crippen LogP contribution in [-0.4, -0.2) is 96.7 Å². The molecule has 17 nitrogen and oxygen atoms in total. The molecule has 602 valence electrons. The van der Waals surface area contributed by atoms with Gasteiger partial charge in [-0.05, 0) is 135 Å². The average Bonchev–Trinajstić information content (AvgIpc) is 0.929. The molecule has 0 aliphatic heterocycles. The summed E-state index contributed by atoms with van der Waals surface area (Å²) in [6, 6.07) is 0. The number of esters is 4. The fourth-order valence-corrected chi connectivity index (χ4v) is 12.7. The quantitative estimate of drug-likeness (QED) is 0.0169. The Hall–Kier alpha value is -4.02. The first-order valence-corrected chi connectivity index (χ1v) is 44.5. The largest absolute Gasteiger partial charge is 0.472 e. The van der Waals surface area contributed by atoms with E-state index in [-0.39, 0.29) is 25.7 Å². The predicted octanol–water partition coefficient (Wildman–Crippen LogP) is 24.3. The number of allylic oxidation sites excluding steroid dienone is 16. The SMILES string of the molecule is CCCCC/C=C\C/C=C\C/C=C\CCCCCCCCC(=O)OCC(COP(=O)(O)OCC(O)COP(=O)(O)OCC(COC(=O)CCCCCCCC/C=C\C/C=C\C/C=C\CCCCC)OC(=O)CCCCCCCCCCCCC)OC(=O)CCCCCCC/C=C\C/C=C\CCCCC. The Morgan fingerprint density at radius 2 is 0.471 bits per heavy atom. The monoisotopic (exact) mass is 1510 g/mol. The Balaban J connectivity index is 5.33. The van der Waals surface area contributed by atoms with E-state index in [0.29, 0.717) is 25.7 Å². The Kier molecular flexibility index (Phi) is 74.2. The van der Waals surface area contributed by atoms with Crippen molar-refractivity contribution in [1.29, 1.82) is 0 Å². The van der Waals surface area contributed by atoms with Crippen molar-refractivity contribution in [3.8, 4) is 0 Å². The Bertz CT molecular complexity index is 2350. The minimum absolute atomic E-state index is 0.0765. The van der Waals surface area contributed by atoms with Crippen LogP contribution < -0.4 is 0 Å². The van der Waals surface area contributed by atoms with Crippen molar-refractivity contribution in [2.75, 3.05) is 39.6 Å². The normalized spacial score (nSPS) is 14.3. The molecule has 3 N–H and O–H groups in total. The smallest absolute Gasteiger partial charge is 0.462 e. The number of ether oxygens (including phenoxy) is 4. The van der Waals surface area contributed by atoms with Crippen LogP contribution in [0, 0.1) is 0 Å². The van der Waals surface area contributed by atoms with Crippen LogP contribution in [0.4, 0.5) is 0 Å². The maximum absolute atomic E-state index is 13.1. The number of unbranched alkanes of at least 4 members (excludes halogenated alkanes) is 36. The fourth-order valence-electron chi connectivity index (χ4n) is 11.1. The topological polar surface area (TPSA) is 237 Å². The third-order valence-electron chi connectivity index (χ3n) is 17.5. The summed E-state index contributed by atoms with van der Waals surface area (Å²) in [6.45, 7) is 4.79. The van der Waals surface area contributed by atoms with Crippen LogP contribution in [-0.2, 0) is 65.4 Å². The molecule has 0 aromatic heterocycles. The molecule has 0 bridgehead atoms. The van der Waals surface area contributed by atoms with E-state index in [4.69, 9.17) is 37.0 Å². The van der Waals surface area contributed by atoms with Crippen molar-refractivity contribution in [2.24, 2.45) is 0 Å². The summed E-state index contributed by atoms with van der Waals surface area (Å²) in [6.07, 6.45) is 82.3. The number of hydrogen-bond donors (Lipinski definition) is 3. The molecule has 0 saturated heterocycles. The Morgan fingerprint density at radius 3 is 0.740 bits per heavy atom. The molecule has 0 aliphatic carbocycles. The molecule has 0 fully saturated rings. The van der Waals surface area contributed by atoms with Gasteiger partial charge in [-0.2, -0.15) is 0 Å². The predicted molar refractivity (Wildman–Crippen MR) is 427 cm³/mol. The van der Waals surface area contributed by atoms with Crippen molar-refractivity contribution in [3.63, 3.8) is 0 Å². The summed E-state index contributed by atoms with van der Waals surface area (Å²) in [5.41, 5.74) is 0. The van der Waals surface area contributed by atoms with Gasteiger partial charge in [0.2, 0.25) is 0 Å². The fraction of sp³-hybridized carbons (Fsp3) is 0.765. The molecule has 0 rings (SSSR count). The maximum atomic E-state index is 13.1. The van der Waals surface area contributed by atoms with Crippen LogP contribution in [0.2, 0.25) is 0 Å². The molecule has 0 heterocycles. The van der Waals surface area contributed by atoms with Gasteiger partial charge in [-0.15, -0.1) is 0 Å². The first-order valence-electron chi connectivity index (χ1n) is 41.5. The third kappa shape index (κ3) is 76.2. The second-order valence-corrected chi connectivity index (χ2v) is 30.6. The number of phosphoric ester groups is 2. The Morgan fingerprint density at radius 1 is 0.269 bits per heavy atom. The van der Waals surface area contributed by atoms with E-state index < -0.39 is 97.5 Å². The zero-order valence-electron chi connectivity index (χ0n) is 65.9. The molecule has 104 heavy (non-hydrogen) atoms. The zero-order chi connectivity index (χ0) is 76.0. The number of hydrogen-bond acceptors (Lipinski definition) is 15. The number of rotatable bonds is 78. The average molecular weight is 1510 g/mol. The van der Waals surface area contributed by atoms with Gasteiger partial charge in [0.1, 0.15) is 19.3 Å². The highest BCUT2D eigenvalue weighted by Gasteiger charge is 2.30. The second kappa shape index (κ2) is 77.1. The Labute approximate surface area is 633 Å². The van der Waals surface area contributed by atoms with Crippen molar-refractivity contribution in [3.05, 3.63) is 97.2 Å². The summed E-state index contributed by atoms with van der Waals surface area (Å²) in [5, 5.41) is 10.6. The number of phosphoric acid groups is 2. The van der Waals surface area contributed by atoms with E-state index in [1.807, 2.05) is 0 Å². The van der Waals surface area contributed by atoms with Crippen LogP contribution in [0.15, 0.2) is 97.2 Å². The minimum Gasteiger partial charge on any atom is -0.462 e. The lowest BCUT2D eigenvalue weighted by molar-refractivity contribution is -0.161. The number of aliphatic hydroxyl groups excluding tert-OH is 1. The van der Waals surface area contributed by atoms with E-state index in [9.17, 15) is 43.2 Å². The lowest BCUT2D eigenvalue weighted by atomic mass is 10.1. The number of carbonyl (C=O) groups is 4. The van der Waals surface area contributed by atoms with Crippen LogP contribution in [0.3, 0.4) is 0 Å². The molecular weight excluding hydrogens is 1350 g/mol. The van der Waals surface area contributed by atoms with Crippen LogP contribution in [0.25, 0.3) is 0 Å². The zero-order valence-corrected chi connectivity index (χ0v) is 67.7. The van der Waals surface area contributed by atoms with Gasteiger partial charge in [-0.3, -0.25) is 37.3 Å². The molecule has 5 unspecified atom stereocenters. The van der Waals surface area contributed by atoms with Gasteiger partial charge in [0.25, 0.3) is 0 Å². The molecule has 0 aromatic carbocycles. The van der Waals surface area contributed by atoms with Crippen LogP contribution in [0.5, 0.6) is 0 Å². The molecule has 0 spiro atoms. The van der Waals surface area contributed by atoms with Gasteiger partial charge in [-0.1, -0.05) is 298 Å². The van der Waals surface area contributed by atoms with Gasteiger partial charge >= 0.3 is 39.5 Å². The molecule has 0 saturated carbocycles. The minimum atomic E-state index is -4.98. The van der Waals surface area contributed by atoms with Crippen molar-refractivity contribution >= 4 is 39.5 Å². The summed E-state index contributed by atoms with van der Waals surface area (Å²) < 4.78 is 68.7. The number of aliphatic hydroxyl groups is 1. The van der Waals surface area contributed by atoms with E-state index in [1.165, 1.54) is 96.3 Å². The summed E-state index contributed by atoms with van der Waals surface area (Å²) in [4.78, 5) is 73.1. The van der Waals surface area contributed by atoms with Crippen LogP contribution >= 0.6 is 15.6 Å². The molecule has 0 amide bonds. The summed E-state index contributed by atoms with van der Waals surface area (Å²) in [7, 11) is -9.96. The first-order chi connectivity index (χ1) is 50.7. The van der Waals surface area contributed by atoms with E-state index >= 15 is 0 Å². The van der Waals surface area contributed by atoms with Crippen LogP contribution in [0.1, 0.15) is 362 Å². The molecule has 0 aliphatic rings. The van der Waals surface area contributed by atoms with E-state index in [0.717, 1.165) is 186 Å². The lowest BCUT2D eigenvalue weighted by Gasteiger charge is -2.21. The van der Waals surface area contributed by atoms with Crippen molar-refractivity contribution < 1.29 is 80.2 Å². The van der Waals surface area contributed by atoms with Gasteiger partial charge in [0.05, 0.1) is 26.4 Å². The number of carbonyl (C=O) groups excluding carboxylic acids is 4. The standard InChI is InChI=1S/C85H150O17P2/c1-5-9-13-17-21-25-29-32-35-37-39-41-44-46-50-53-57-61-65-69-82(87)95-75-80(101-84(89)71-67-63-59-55-49-28-24-20-16-12-8-4)77-99-103(91,92)97-73-79(86)74-98-104(93,94)100-78-81(102-85(90)72-68-64-60-56-52-48-43-34-31-27-23-19-15-11-7-3)76-96-83(88)70-66-62-58-54-51-47-45-42-40-38-36-33-30-26-22-18-14-10-6-2/h21-23,25-27,32-36,39-43,79-81,86H,5-20,24,28-31,37-38,44-78H2,1-4H3,(H,91,92)(H,93,94)/b25-21-,26-22-,27-23-,35-32-,36-33-,41-39-,42-40-,43-34-. The van der Waals surface area contributed by atoms with Crippen molar-refractivity contribution in [2.45, 2.75) is 380 Å². The summed E-state index contributed by atoms with van der Waals surface area (Å²) >= 11 is 0. The molecular formula is C85H150O17P2. The van der Waals surface area contributed by atoms with Gasteiger partial charge < -0.3 is 33.8 Å². The maximum Gasteiger partial charge on any atom is 0.472 e.